The van der Waals surface area contributed by atoms with Gasteiger partial charge in [0.05, 0.1) is 12.7 Å². The normalized spacial score (nSPS) is 11.4. The van der Waals surface area contributed by atoms with Crippen LogP contribution in [0.5, 0.6) is 5.75 Å². The Hall–Kier alpha value is -3.92. The van der Waals surface area contributed by atoms with Gasteiger partial charge < -0.3 is 19.0 Å². The maximum absolute atomic E-state index is 12.6. The first-order valence-electron chi connectivity index (χ1n) is 9.61. The van der Waals surface area contributed by atoms with Crippen LogP contribution in [0.2, 0.25) is 0 Å². The van der Waals surface area contributed by atoms with E-state index in [1.807, 2.05) is 6.07 Å². The Balaban J connectivity index is 1.76. The number of furan rings is 1. The largest absolute Gasteiger partial charge is 0.491 e. The van der Waals surface area contributed by atoms with E-state index < -0.39 is 17.9 Å². The summed E-state index contributed by atoms with van der Waals surface area (Å²) in [5.74, 6) is -2.51. The Kier molecular flexibility index (Phi) is 6.68. The van der Waals surface area contributed by atoms with Crippen molar-refractivity contribution < 1.29 is 31.9 Å². The molecule has 0 radical (unpaired) electrons. The number of fused-ring (bicyclic) bond motifs is 1. The average molecular weight is 464 g/mol. The smallest absolute Gasteiger partial charge is 0.456 e. The Morgan fingerprint density at radius 2 is 2.09 bits per heavy atom. The summed E-state index contributed by atoms with van der Waals surface area (Å²) in [5.41, 5.74) is 0.400. The standard InChI is InChI=1S/C20H19F3N6O4/c1-11-18(33-19(31)20(21,22)23)17-14(32-11)4-5-15(27-17)29(12(2)30)7-6-25-10-16-26-9-13(8-24)28(16)3/h4-5,9,25H,6-7,10H2,1-3H3. The van der Waals surface area contributed by atoms with Crippen LogP contribution in [0.15, 0.2) is 22.7 Å². The van der Waals surface area contributed by atoms with Crippen LogP contribution in [0, 0.1) is 18.3 Å². The number of rotatable bonds is 7. The van der Waals surface area contributed by atoms with Crippen molar-refractivity contribution in [1.82, 2.24) is 19.9 Å². The van der Waals surface area contributed by atoms with Gasteiger partial charge in [0, 0.05) is 27.1 Å². The number of carbonyl (C=O) groups is 2. The number of imidazole rings is 1. The third-order valence-corrected chi connectivity index (χ3v) is 4.72. The Morgan fingerprint density at radius 1 is 1.36 bits per heavy atom. The summed E-state index contributed by atoms with van der Waals surface area (Å²) in [4.78, 5) is 33.1. The second-order valence-corrected chi connectivity index (χ2v) is 6.97. The molecule has 10 nitrogen and oxygen atoms in total. The van der Waals surface area contributed by atoms with Gasteiger partial charge >= 0.3 is 12.1 Å². The molecule has 0 aliphatic rings. The fraction of sp³-hybridized carbons (Fsp3) is 0.350. The topological polar surface area (TPSA) is 126 Å². The lowest BCUT2D eigenvalue weighted by Crippen LogP contribution is -2.36. The number of aryl methyl sites for hydroxylation is 1. The number of alkyl halides is 3. The summed E-state index contributed by atoms with van der Waals surface area (Å²) >= 11 is 0. The van der Waals surface area contributed by atoms with E-state index in [0.717, 1.165) is 0 Å². The third-order valence-electron chi connectivity index (χ3n) is 4.72. The first kappa shape index (κ1) is 23.7. The highest BCUT2D eigenvalue weighted by atomic mass is 19.4. The van der Waals surface area contributed by atoms with Crippen LogP contribution in [-0.4, -0.2) is 45.7 Å². The second-order valence-electron chi connectivity index (χ2n) is 6.97. The summed E-state index contributed by atoms with van der Waals surface area (Å²) in [6, 6.07) is 4.91. The van der Waals surface area contributed by atoms with E-state index in [-0.39, 0.29) is 35.1 Å². The molecule has 0 saturated carbocycles. The molecule has 3 heterocycles. The van der Waals surface area contributed by atoms with Crippen molar-refractivity contribution in [2.24, 2.45) is 7.05 Å². The third kappa shape index (κ3) is 5.12. The van der Waals surface area contributed by atoms with E-state index in [2.05, 4.69) is 20.0 Å². The maximum atomic E-state index is 12.6. The van der Waals surface area contributed by atoms with Crippen LogP contribution in [0.4, 0.5) is 19.0 Å². The fourth-order valence-corrected chi connectivity index (χ4v) is 3.02. The number of hydrogen-bond donors (Lipinski definition) is 1. The van der Waals surface area contributed by atoms with E-state index in [1.165, 1.54) is 37.1 Å². The summed E-state index contributed by atoms with van der Waals surface area (Å²) in [6.45, 7) is 3.50. The molecular weight excluding hydrogens is 445 g/mol. The quantitative estimate of drug-likeness (QED) is 0.417. The molecule has 0 aliphatic heterocycles. The number of hydrogen-bond acceptors (Lipinski definition) is 8. The van der Waals surface area contributed by atoms with Crippen molar-refractivity contribution in [2.75, 3.05) is 18.0 Å². The highest BCUT2D eigenvalue weighted by molar-refractivity contribution is 5.93. The molecule has 33 heavy (non-hydrogen) atoms. The highest BCUT2D eigenvalue weighted by Crippen LogP contribution is 2.34. The first-order chi connectivity index (χ1) is 15.5. The van der Waals surface area contributed by atoms with E-state index in [1.54, 1.807) is 11.6 Å². The zero-order valence-corrected chi connectivity index (χ0v) is 17.9. The number of nitriles is 1. The minimum absolute atomic E-state index is 0.0601. The van der Waals surface area contributed by atoms with Crippen molar-refractivity contribution in [3.05, 3.63) is 35.6 Å². The van der Waals surface area contributed by atoms with Crippen molar-refractivity contribution in [3.8, 4) is 11.8 Å². The number of amides is 1. The Bertz CT molecular complexity index is 1240. The van der Waals surface area contributed by atoms with Crippen LogP contribution in [0.25, 0.3) is 11.1 Å². The molecule has 1 N–H and O–H groups in total. The molecule has 1 amide bonds. The molecule has 0 saturated heterocycles. The highest BCUT2D eigenvalue weighted by Gasteiger charge is 2.42. The van der Waals surface area contributed by atoms with E-state index in [9.17, 15) is 22.8 Å². The molecule has 0 atom stereocenters. The maximum Gasteiger partial charge on any atom is 0.491 e. The number of anilines is 1. The van der Waals surface area contributed by atoms with Gasteiger partial charge in [-0.3, -0.25) is 9.69 Å². The van der Waals surface area contributed by atoms with Gasteiger partial charge in [-0.1, -0.05) is 0 Å². The van der Waals surface area contributed by atoms with Crippen LogP contribution in [0.3, 0.4) is 0 Å². The molecule has 0 unspecified atom stereocenters. The van der Waals surface area contributed by atoms with E-state index in [0.29, 0.717) is 24.6 Å². The van der Waals surface area contributed by atoms with E-state index in [4.69, 9.17) is 9.68 Å². The van der Waals surface area contributed by atoms with Gasteiger partial charge in [-0.2, -0.15) is 18.4 Å². The van der Waals surface area contributed by atoms with Gasteiger partial charge in [0.25, 0.3) is 0 Å². The summed E-state index contributed by atoms with van der Waals surface area (Å²) in [7, 11) is 1.71. The number of nitrogens with zero attached hydrogens (tertiary/aromatic N) is 5. The zero-order chi connectivity index (χ0) is 24.3. The van der Waals surface area contributed by atoms with Gasteiger partial charge in [0.15, 0.2) is 16.8 Å². The monoisotopic (exact) mass is 464 g/mol. The van der Waals surface area contributed by atoms with Crippen molar-refractivity contribution in [3.63, 3.8) is 0 Å². The molecular formula is C20H19F3N6O4. The molecule has 0 bridgehead atoms. The Morgan fingerprint density at radius 3 is 2.70 bits per heavy atom. The van der Waals surface area contributed by atoms with Gasteiger partial charge in [-0.25, -0.2) is 14.8 Å². The predicted octanol–water partition coefficient (Wildman–Crippen LogP) is 2.35. The number of ether oxygens (including phenoxy) is 1. The lowest BCUT2D eigenvalue weighted by atomic mass is 10.3. The van der Waals surface area contributed by atoms with E-state index >= 15 is 0 Å². The molecule has 13 heteroatoms. The molecule has 3 rings (SSSR count). The van der Waals surface area contributed by atoms with Crippen LogP contribution in [-0.2, 0) is 23.2 Å². The number of halogens is 3. The number of pyridine rings is 1. The minimum atomic E-state index is -5.19. The van der Waals surface area contributed by atoms with Gasteiger partial charge in [0.1, 0.15) is 29.2 Å². The number of aromatic nitrogens is 3. The second kappa shape index (κ2) is 9.29. The average Bonchev–Trinajstić information content (AvgIpc) is 3.25. The molecule has 3 aromatic heterocycles. The number of esters is 1. The molecule has 3 aromatic rings. The molecule has 0 aliphatic carbocycles. The lowest BCUT2D eigenvalue weighted by molar-refractivity contribution is -0.189. The predicted molar refractivity (Wildman–Crippen MR) is 108 cm³/mol. The minimum Gasteiger partial charge on any atom is -0.456 e. The molecule has 174 valence electrons. The summed E-state index contributed by atoms with van der Waals surface area (Å²) in [5, 5.41) is 12.1. The van der Waals surface area contributed by atoms with Crippen molar-refractivity contribution in [1.29, 1.82) is 5.26 Å². The van der Waals surface area contributed by atoms with Crippen LogP contribution in [0.1, 0.15) is 24.2 Å². The number of nitrogens with one attached hydrogen (secondary N) is 1. The van der Waals surface area contributed by atoms with Crippen LogP contribution >= 0.6 is 0 Å². The zero-order valence-electron chi connectivity index (χ0n) is 17.9. The number of carbonyl (C=O) groups excluding carboxylic acids is 2. The molecule has 0 spiro atoms. The summed E-state index contributed by atoms with van der Waals surface area (Å²) in [6.07, 6.45) is -3.74. The Labute approximate surface area is 185 Å². The molecule has 0 aromatic carbocycles. The molecule has 0 fully saturated rings. The fourth-order valence-electron chi connectivity index (χ4n) is 3.02. The van der Waals surface area contributed by atoms with Gasteiger partial charge in [-0.15, -0.1) is 0 Å². The van der Waals surface area contributed by atoms with Crippen molar-refractivity contribution in [2.45, 2.75) is 26.6 Å². The first-order valence-corrected chi connectivity index (χ1v) is 9.61. The SMILES string of the molecule is CC(=O)N(CCNCc1ncc(C#N)n1C)c1ccc2oc(C)c(OC(=O)C(F)(F)F)c2n1. The van der Waals surface area contributed by atoms with Crippen molar-refractivity contribution >= 4 is 28.8 Å². The van der Waals surface area contributed by atoms with Crippen LogP contribution < -0.4 is 15.0 Å². The lowest BCUT2D eigenvalue weighted by Gasteiger charge is -2.20. The van der Waals surface area contributed by atoms with Gasteiger partial charge in [0.2, 0.25) is 5.91 Å². The summed E-state index contributed by atoms with van der Waals surface area (Å²) < 4.78 is 49.3. The van der Waals surface area contributed by atoms with Gasteiger partial charge in [-0.05, 0) is 19.1 Å².